The van der Waals surface area contributed by atoms with Crippen molar-refractivity contribution in [2.24, 2.45) is 5.73 Å². The summed E-state index contributed by atoms with van der Waals surface area (Å²) in [4.78, 5) is 0. The lowest BCUT2D eigenvalue weighted by Crippen LogP contribution is -1.95. The van der Waals surface area contributed by atoms with Crippen LogP contribution in [0.5, 0.6) is 11.5 Å². The third kappa shape index (κ3) is 2.13. The van der Waals surface area contributed by atoms with Gasteiger partial charge in [-0.2, -0.15) is 0 Å². The van der Waals surface area contributed by atoms with Gasteiger partial charge in [-0.05, 0) is 43.2 Å². The van der Waals surface area contributed by atoms with E-state index in [1.54, 1.807) is 0 Å². The Bertz CT molecular complexity index is 385. The quantitative estimate of drug-likeness (QED) is 0.822. The van der Waals surface area contributed by atoms with Crippen LogP contribution in [0.1, 0.15) is 18.9 Å². The highest BCUT2D eigenvalue weighted by atomic mass is 16.7. The molecule has 0 saturated heterocycles. The van der Waals surface area contributed by atoms with E-state index < -0.39 is 0 Å². The maximum Gasteiger partial charge on any atom is 0.231 e. The Labute approximate surface area is 89.5 Å². The Balaban J connectivity index is 2.22. The highest BCUT2D eigenvalue weighted by molar-refractivity contribution is 5.66. The van der Waals surface area contributed by atoms with Crippen molar-refractivity contribution in [3.05, 3.63) is 29.8 Å². The number of allylic oxidation sites excluding steroid dienone is 1. The summed E-state index contributed by atoms with van der Waals surface area (Å²) in [5.41, 5.74) is 7.84. The van der Waals surface area contributed by atoms with E-state index in [2.05, 4.69) is 13.0 Å². The van der Waals surface area contributed by atoms with Crippen molar-refractivity contribution < 1.29 is 9.47 Å². The highest BCUT2D eigenvalue weighted by Gasteiger charge is 2.13. The molecule has 2 N–H and O–H groups in total. The van der Waals surface area contributed by atoms with Crippen LogP contribution in [0.3, 0.4) is 0 Å². The summed E-state index contributed by atoms with van der Waals surface area (Å²) in [5, 5.41) is 0. The number of benzene rings is 1. The molecule has 2 rings (SSSR count). The molecule has 0 amide bonds. The number of hydrogen-bond acceptors (Lipinski definition) is 3. The Morgan fingerprint density at radius 2 is 2.20 bits per heavy atom. The van der Waals surface area contributed by atoms with Gasteiger partial charge >= 0.3 is 0 Å². The minimum Gasteiger partial charge on any atom is -0.454 e. The van der Waals surface area contributed by atoms with Crippen LogP contribution in [0.4, 0.5) is 0 Å². The molecule has 0 atom stereocenters. The molecule has 0 aromatic heterocycles. The monoisotopic (exact) mass is 205 g/mol. The second-order valence-electron chi connectivity index (χ2n) is 3.53. The molecule has 0 bridgehead atoms. The first-order chi connectivity index (χ1) is 7.31. The highest BCUT2D eigenvalue weighted by Crippen LogP contribution is 2.34. The molecule has 0 unspecified atom stereocenters. The van der Waals surface area contributed by atoms with Gasteiger partial charge in [0.1, 0.15) is 0 Å². The van der Waals surface area contributed by atoms with E-state index >= 15 is 0 Å². The third-order valence-corrected chi connectivity index (χ3v) is 2.45. The predicted molar refractivity (Wildman–Crippen MR) is 59.9 cm³/mol. The summed E-state index contributed by atoms with van der Waals surface area (Å²) < 4.78 is 10.6. The molecule has 3 heteroatoms. The molecule has 1 aliphatic rings. The first-order valence-corrected chi connectivity index (χ1v) is 5.08. The van der Waals surface area contributed by atoms with Crippen LogP contribution >= 0.6 is 0 Å². The number of nitrogens with two attached hydrogens (primary N) is 1. The number of rotatable bonds is 3. The van der Waals surface area contributed by atoms with Crippen LogP contribution < -0.4 is 15.2 Å². The molecular weight excluding hydrogens is 190 g/mol. The number of ether oxygens (including phenoxy) is 2. The van der Waals surface area contributed by atoms with Gasteiger partial charge in [0.15, 0.2) is 11.5 Å². The minimum atomic E-state index is 0.324. The smallest absolute Gasteiger partial charge is 0.231 e. The maximum absolute atomic E-state index is 5.46. The SMILES string of the molecule is CC(=CCCN)c1ccc2c(c1)OCO2. The Hall–Kier alpha value is -1.48. The second-order valence-corrected chi connectivity index (χ2v) is 3.53. The topological polar surface area (TPSA) is 44.5 Å². The molecule has 0 spiro atoms. The van der Waals surface area contributed by atoms with Crippen LogP contribution in [0.25, 0.3) is 5.57 Å². The van der Waals surface area contributed by atoms with Crippen molar-refractivity contribution in [1.82, 2.24) is 0 Å². The summed E-state index contributed by atoms with van der Waals surface area (Å²) in [6.07, 6.45) is 3.04. The molecule has 80 valence electrons. The van der Waals surface area contributed by atoms with Crippen LogP contribution in [0, 0.1) is 0 Å². The molecule has 0 fully saturated rings. The average molecular weight is 205 g/mol. The lowest BCUT2D eigenvalue weighted by molar-refractivity contribution is 0.174. The molecular formula is C12H15NO2. The molecule has 0 aliphatic carbocycles. The fourth-order valence-corrected chi connectivity index (χ4v) is 1.56. The first kappa shape index (κ1) is 10.1. The van der Waals surface area contributed by atoms with Gasteiger partial charge in [0.2, 0.25) is 6.79 Å². The van der Waals surface area contributed by atoms with Crippen molar-refractivity contribution in [2.75, 3.05) is 13.3 Å². The molecule has 3 nitrogen and oxygen atoms in total. The van der Waals surface area contributed by atoms with E-state index in [1.807, 2.05) is 18.2 Å². The fourth-order valence-electron chi connectivity index (χ4n) is 1.56. The molecule has 0 radical (unpaired) electrons. The van der Waals surface area contributed by atoms with Gasteiger partial charge in [0, 0.05) is 0 Å². The van der Waals surface area contributed by atoms with Crippen LogP contribution in [0.2, 0.25) is 0 Å². The molecule has 1 aromatic carbocycles. The summed E-state index contributed by atoms with van der Waals surface area (Å²) in [5.74, 6) is 1.65. The summed E-state index contributed by atoms with van der Waals surface area (Å²) >= 11 is 0. The van der Waals surface area contributed by atoms with Crippen molar-refractivity contribution >= 4 is 5.57 Å². The average Bonchev–Trinajstić information content (AvgIpc) is 2.72. The molecule has 1 aliphatic heterocycles. The fraction of sp³-hybridized carbons (Fsp3) is 0.333. The zero-order valence-electron chi connectivity index (χ0n) is 8.82. The van der Waals surface area contributed by atoms with Gasteiger partial charge in [-0.25, -0.2) is 0 Å². The van der Waals surface area contributed by atoms with Crippen molar-refractivity contribution in [3.8, 4) is 11.5 Å². The zero-order valence-corrected chi connectivity index (χ0v) is 8.82. The van der Waals surface area contributed by atoms with Gasteiger partial charge in [0.25, 0.3) is 0 Å². The molecule has 0 saturated carbocycles. The van der Waals surface area contributed by atoms with E-state index in [4.69, 9.17) is 15.2 Å². The van der Waals surface area contributed by atoms with E-state index in [-0.39, 0.29) is 0 Å². The van der Waals surface area contributed by atoms with E-state index in [0.29, 0.717) is 13.3 Å². The van der Waals surface area contributed by atoms with Gasteiger partial charge in [0.05, 0.1) is 0 Å². The second kappa shape index (κ2) is 4.36. The van der Waals surface area contributed by atoms with Crippen LogP contribution in [-0.4, -0.2) is 13.3 Å². The van der Waals surface area contributed by atoms with Crippen molar-refractivity contribution in [3.63, 3.8) is 0 Å². The summed E-state index contributed by atoms with van der Waals surface area (Å²) in [6.45, 7) is 3.08. The first-order valence-electron chi connectivity index (χ1n) is 5.08. The predicted octanol–water partition coefficient (Wildman–Crippen LogP) is 2.17. The Kier molecular flexibility index (Phi) is 2.92. The molecule has 15 heavy (non-hydrogen) atoms. The maximum atomic E-state index is 5.46. The zero-order chi connectivity index (χ0) is 10.7. The van der Waals surface area contributed by atoms with Gasteiger partial charge in [-0.3, -0.25) is 0 Å². The van der Waals surface area contributed by atoms with Gasteiger partial charge in [-0.1, -0.05) is 12.1 Å². The van der Waals surface area contributed by atoms with Gasteiger partial charge < -0.3 is 15.2 Å². The standard InChI is InChI=1S/C12H15NO2/c1-9(3-2-6-13)10-4-5-11-12(7-10)15-8-14-11/h3-5,7H,2,6,8,13H2,1H3. The van der Waals surface area contributed by atoms with Gasteiger partial charge in [-0.15, -0.1) is 0 Å². The van der Waals surface area contributed by atoms with Crippen LogP contribution in [-0.2, 0) is 0 Å². The minimum absolute atomic E-state index is 0.324. The van der Waals surface area contributed by atoms with Crippen LogP contribution in [0.15, 0.2) is 24.3 Å². The summed E-state index contributed by atoms with van der Waals surface area (Å²) in [7, 11) is 0. The van der Waals surface area contributed by atoms with E-state index in [9.17, 15) is 0 Å². The summed E-state index contributed by atoms with van der Waals surface area (Å²) in [6, 6.07) is 5.98. The van der Waals surface area contributed by atoms with Crippen molar-refractivity contribution in [1.29, 1.82) is 0 Å². The normalized spacial score (nSPS) is 14.4. The largest absolute Gasteiger partial charge is 0.454 e. The lowest BCUT2D eigenvalue weighted by Gasteiger charge is -2.03. The van der Waals surface area contributed by atoms with E-state index in [1.165, 1.54) is 5.57 Å². The number of fused-ring (bicyclic) bond motifs is 1. The number of hydrogen-bond donors (Lipinski definition) is 1. The van der Waals surface area contributed by atoms with E-state index in [0.717, 1.165) is 23.5 Å². The third-order valence-electron chi connectivity index (χ3n) is 2.45. The molecule has 1 heterocycles. The van der Waals surface area contributed by atoms with Crippen molar-refractivity contribution in [2.45, 2.75) is 13.3 Å². The Morgan fingerprint density at radius 3 is 3.00 bits per heavy atom. The Morgan fingerprint density at radius 1 is 1.40 bits per heavy atom. The molecule has 1 aromatic rings. The lowest BCUT2D eigenvalue weighted by atomic mass is 10.1.